The van der Waals surface area contributed by atoms with E-state index in [0.29, 0.717) is 0 Å². The van der Waals surface area contributed by atoms with E-state index in [1.54, 1.807) is 6.07 Å². The minimum Gasteiger partial charge on any atom is -0.370 e. The molecule has 1 aromatic rings. The van der Waals surface area contributed by atoms with Gasteiger partial charge in [0.15, 0.2) is 0 Å². The lowest BCUT2D eigenvalue weighted by atomic mass is 10.4. The van der Waals surface area contributed by atoms with E-state index in [0.717, 1.165) is 25.3 Å². The van der Waals surface area contributed by atoms with E-state index in [9.17, 15) is 4.39 Å². The summed E-state index contributed by atoms with van der Waals surface area (Å²) in [6, 6.07) is 3.05. The van der Waals surface area contributed by atoms with Crippen LogP contribution in [-0.2, 0) is 0 Å². The number of halogens is 1. The second-order valence-corrected chi connectivity index (χ2v) is 3.45. The van der Waals surface area contributed by atoms with Crippen LogP contribution >= 0.6 is 0 Å². The highest BCUT2D eigenvalue weighted by Gasteiger charge is 1.94. The average Bonchev–Trinajstić information content (AvgIpc) is 2.15. The summed E-state index contributed by atoms with van der Waals surface area (Å²) in [5.41, 5.74) is 0. The zero-order valence-electron chi connectivity index (χ0n) is 8.63. The third-order valence-corrected chi connectivity index (χ3v) is 1.82. The molecule has 1 N–H and O–H groups in total. The number of pyridine rings is 1. The maximum absolute atomic E-state index is 12.5. The fourth-order valence-electron chi connectivity index (χ4n) is 1.09. The van der Waals surface area contributed by atoms with Gasteiger partial charge >= 0.3 is 0 Å². The molecule has 0 saturated carbocycles. The van der Waals surface area contributed by atoms with Gasteiger partial charge in [-0.1, -0.05) is 0 Å². The Bertz CT molecular complexity index is 259. The second kappa shape index (κ2) is 5.54. The van der Waals surface area contributed by atoms with Crippen molar-refractivity contribution in [3.05, 3.63) is 24.1 Å². The number of hydrogen-bond acceptors (Lipinski definition) is 3. The maximum atomic E-state index is 12.5. The number of rotatable bonds is 5. The molecule has 1 aromatic heterocycles. The normalized spacial score (nSPS) is 10.6. The molecule has 1 rings (SSSR count). The zero-order valence-corrected chi connectivity index (χ0v) is 8.63. The smallest absolute Gasteiger partial charge is 0.141 e. The lowest BCUT2D eigenvalue weighted by Gasteiger charge is -2.09. The summed E-state index contributed by atoms with van der Waals surface area (Å²) >= 11 is 0. The van der Waals surface area contributed by atoms with Gasteiger partial charge in [-0.05, 0) is 39.2 Å². The summed E-state index contributed by atoms with van der Waals surface area (Å²) in [5.74, 6) is 0.425. The molecule has 78 valence electrons. The molecule has 0 unspecified atom stereocenters. The van der Waals surface area contributed by atoms with E-state index < -0.39 is 0 Å². The molecule has 14 heavy (non-hydrogen) atoms. The third-order valence-electron chi connectivity index (χ3n) is 1.82. The first kappa shape index (κ1) is 10.9. The molecule has 0 amide bonds. The van der Waals surface area contributed by atoms with Gasteiger partial charge in [0.25, 0.3) is 0 Å². The van der Waals surface area contributed by atoms with Crippen LogP contribution in [0, 0.1) is 5.82 Å². The van der Waals surface area contributed by atoms with Crippen molar-refractivity contribution in [1.82, 2.24) is 9.88 Å². The standard InChI is InChI=1S/C10H16FN3/c1-14(2)7-3-6-12-10-5-4-9(11)8-13-10/h4-5,8H,3,6-7H2,1-2H3,(H,12,13). The molecule has 3 nitrogen and oxygen atoms in total. The van der Waals surface area contributed by atoms with Crippen LogP contribution in [0.4, 0.5) is 10.2 Å². The topological polar surface area (TPSA) is 28.2 Å². The lowest BCUT2D eigenvalue weighted by Crippen LogP contribution is -2.16. The fourth-order valence-corrected chi connectivity index (χ4v) is 1.09. The number of hydrogen-bond donors (Lipinski definition) is 1. The van der Waals surface area contributed by atoms with E-state index in [2.05, 4.69) is 15.2 Å². The first-order chi connectivity index (χ1) is 6.68. The molecule has 0 aliphatic rings. The van der Waals surface area contributed by atoms with Gasteiger partial charge in [-0.3, -0.25) is 0 Å². The highest BCUT2D eigenvalue weighted by molar-refractivity contribution is 5.33. The van der Waals surface area contributed by atoms with Gasteiger partial charge in [0.2, 0.25) is 0 Å². The van der Waals surface area contributed by atoms with Crippen LogP contribution in [0.1, 0.15) is 6.42 Å². The van der Waals surface area contributed by atoms with Gasteiger partial charge in [0, 0.05) is 6.54 Å². The Morgan fingerprint density at radius 2 is 2.21 bits per heavy atom. The highest BCUT2D eigenvalue weighted by Crippen LogP contribution is 2.02. The third kappa shape index (κ3) is 4.18. The Hall–Kier alpha value is -1.16. The predicted molar refractivity (Wildman–Crippen MR) is 55.9 cm³/mol. The molecule has 1 heterocycles. The van der Waals surface area contributed by atoms with Crippen molar-refractivity contribution in [1.29, 1.82) is 0 Å². The van der Waals surface area contributed by atoms with E-state index in [1.165, 1.54) is 12.3 Å². The van der Waals surface area contributed by atoms with Crippen molar-refractivity contribution in [2.24, 2.45) is 0 Å². The summed E-state index contributed by atoms with van der Waals surface area (Å²) in [5, 5.41) is 3.12. The Balaban J connectivity index is 2.21. The van der Waals surface area contributed by atoms with Crippen LogP contribution in [0.5, 0.6) is 0 Å². The molecule has 0 aliphatic heterocycles. The minimum absolute atomic E-state index is 0.302. The highest BCUT2D eigenvalue weighted by atomic mass is 19.1. The van der Waals surface area contributed by atoms with Gasteiger partial charge in [0.1, 0.15) is 11.6 Å². The number of nitrogens with zero attached hydrogens (tertiary/aromatic N) is 2. The molecular weight excluding hydrogens is 181 g/mol. The van der Waals surface area contributed by atoms with Crippen LogP contribution in [0.2, 0.25) is 0 Å². The van der Waals surface area contributed by atoms with Crippen molar-refractivity contribution in [3.63, 3.8) is 0 Å². The average molecular weight is 197 g/mol. The first-order valence-electron chi connectivity index (χ1n) is 4.68. The van der Waals surface area contributed by atoms with Crippen LogP contribution in [0.3, 0.4) is 0 Å². The molecule has 0 aromatic carbocycles. The summed E-state index contributed by atoms with van der Waals surface area (Å²) in [7, 11) is 4.08. The van der Waals surface area contributed by atoms with Crippen molar-refractivity contribution < 1.29 is 4.39 Å². The van der Waals surface area contributed by atoms with Crippen LogP contribution in [-0.4, -0.2) is 37.1 Å². The van der Waals surface area contributed by atoms with E-state index in [1.807, 2.05) is 14.1 Å². The molecule has 0 radical (unpaired) electrons. The van der Waals surface area contributed by atoms with Crippen molar-refractivity contribution in [2.45, 2.75) is 6.42 Å². The Morgan fingerprint density at radius 1 is 1.43 bits per heavy atom. The lowest BCUT2D eigenvalue weighted by molar-refractivity contribution is 0.405. The monoisotopic (exact) mass is 197 g/mol. The fraction of sp³-hybridized carbons (Fsp3) is 0.500. The van der Waals surface area contributed by atoms with Crippen LogP contribution < -0.4 is 5.32 Å². The second-order valence-electron chi connectivity index (χ2n) is 3.45. The molecular formula is C10H16FN3. The Kier molecular flexibility index (Phi) is 4.32. The van der Waals surface area contributed by atoms with Gasteiger partial charge in [0.05, 0.1) is 6.20 Å². The summed E-state index contributed by atoms with van der Waals surface area (Å²) in [4.78, 5) is 6.02. The van der Waals surface area contributed by atoms with Gasteiger partial charge in [-0.15, -0.1) is 0 Å². The molecule has 0 atom stereocenters. The molecule has 0 aliphatic carbocycles. The quantitative estimate of drug-likeness (QED) is 0.726. The first-order valence-corrected chi connectivity index (χ1v) is 4.68. The van der Waals surface area contributed by atoms with Crippen LogP contribution in [0.25, 0.3) is 0 Å². The number of anilines is 1. The SMILES string of the molecule is CN(C)CCCNc1ccc(F)cn1. The van der Waals surface area contributed by atoms with Gasteiger partial charge in [-0.25, -0.2) is 9.37 Å². The molecule has 0 fully saturated rings. The van der Waals surface area contributed by atoms with Gasteiger partial charge in [-0.2, -0.15) is 0 Å². The van der Waals surface area contributed by atoms with E-state index in [-0.39, 0.29) is 5.82 Å². The predicted octanol–water partition coefficient (Wildman–Crippen LogP) is 1.58. The van der Waals surface area contributed by atoms with Crippen LogP contribution in [0.15, 0.2) is 18.3 Å². The molecule has 0 bridgehead atoms. The Labute approximate surface area is 84.0 Å². The number of aromatic nitrogens is 1. The molecule has 0 spiro atoms. The summed E-state index contributed by atoms with van der Waals surface area (Å²) in [6.07, 6.45) is 2.26. The van der Waals surface area contributed by atoms with E-state index in [4.69, 9.17) is 0 Å². The zero-order chi connectivity index (χ0) is 10.4. The van der Waals surface area contributed by atoms with Crippen molar-refractivity contribution in [3.8, 4) is 0 Å². The van der Waals surface area contributed by atoms with Crippen molar-refractivity contribution in [2.75, 3.05) is 32.5 Å². The molecule has 0 saturated heterocycles. The maximum Gasteiger partial charge on any atom is 0.141 e. The summed E-state index contributed by atoms with van der Waals surface area (Å²) in [6.45, 7) is 1.89. The Morgan fingerprint density at radius 3 is 2.79 bits per heavy atom. The number of nitrogens with one attached hydrogen (secondary N) is 1. The summed E-state index contributed by atoms with van der Waals surface area (Å²) < 4.78 is 12.5. The van der Waals surface area contributed by atoms with Crippen molar-refractivity contribution >= 4 is 5.82 Å². The van der Waals surface area contributed by atoms with Gasteiger partial charge < -0.3 is 10.2 Å². The van der Waals surface area contributed by atoms with E-state index >= 15 is 0 Å². The minimum atomic E-state index is -0.302. The molecule has 4 heteroatoms. The largest absolute Gasteiger partial charge is 0.370 e.